The second-order valence-electron chi connectivity index (χ2n) is 9.26. The molecule has 33 heavy (non-hydrogen) atoms. The second-order valence-corrected chi connectivity index (χ2v) is 9.26. The highest BCUT2D eigenvalue weighted by Gasteiger charge is 2.64. The van der Waals surface area contributed by atoms with E-state index in [4.69, 9.17) is 14.6 Å². The van der Waals surface area contributed by atoms with Crippen molar-refractivity contribution in [1.29, 1.82) is 0 Å². The molecule has 1 heterocycles. The molecular weight excluding hydrogens is 428 g/mol. The van der Waals surface area contributed by atoms with Crippen LogP contribution in [0, 0.1) is 0 Å². The smallest absolute Gasteiger partial charge is 0.308 e. The molecule has 8 nitrogen and oxygen atoms in total. The second kappa shape index (κ2) is 15.8. The predicted molar refractivity (Wildman–Crippen MR) is 125 cm³/mol. The van der Waals surface area contributed by atoms with Gasteiger partial charge in [-0.15, -0.1) is 0 Å². The van der Waals surface area contributed by atoms with Gasteiger partial charge in [0.05, 0.1) is 6.61 Å². The third kappa shape index (κ3) is 10.0. The van der Waals surface area contributed by atoms with Crippen molar-refractivity contribution in [3.05, 3.63) is 12.2 Å². The van der Waals surface area contributed by atoms with Crippen LogP contribution in [0.1, 0.15) is 104 Å². The van der Waals surface area contributed by atoms with Gasteiger partial charge in [-0.2, -0.15) is 0 Å². The molecule has 1 rings (SSSR count). The molecule has 0 bridgehead atoms. The number of esters is 1. The fourth-order valence-electron chi connectivity index (χ4n) is 4.02. The van der Waals surface area contributed by atoms with Crippen molar-refractivity contribution < 1.29 is 39.8 Å². The number of aliphatic hydroxyl groups excluding tert-OH is 3. The molecule has 194 valence electrons. The SMILES string of the molecule is CCCCCCCC/C=C\CCCCCCCC(=O)O[C@]1(O)[C@@H](O)[C@H](O)[C@@H](CO)OC1(C)O. The summed E-state index contributed by atoms with van der Waals surface area (Å²) in [6.07, 6.45) is 14.1. The first-order chi connectivity index (χ1) is 15.7. The van der Waals surface area contributed by atoms with Crippen LogP contribution in [0.4, 0.5) is 0 Å². The highest BCUT2D eigenvalue weighted by molar-refractivity contribution is 5.70. The van der Waals surface area contributed by atoms with Crippen LogP contribution in [0.25, 0.3) is 0 Å². The maximum Gasteiger partial charge on any atom is 0.308 e. The normalized spacial score (nSPS) is 30.1. The number of hydrogen-bond donors (Lipinski definition) is 5. The van der Waals surface area contributed by atoms with Crippen LogP contribution in [0.15, 0.2) is 12.2 Å². The number of carbonyl (C=O) groups excluding carboxylic acids is 1. The zero-order chi connectivity index (χ0) is 24.7. The first-order valence-corrected chi connectivity index (χ1v) is 12.7. The molecular formula is C25H46O8. The molecule has 8 heteroatoms. The maximum absolute atomic E-state index is 12.1. The Kier molecular flexibility index (Phi) is 14.4. The molecule has 1 unspecified atom stereocenters. The molecule has 0 aromatic carbocycles. The lowest BCUT2D eigenvalue weighted by Crippen LogP contribution is -2.73. The summed E-state index contributed by atoms with van der Waals surface area (Å²) < 4.78 is 9.95. The van der Waals surface area contributed by atoms with E-state index in [9.17, 15) is 25.2 Å². The summed E-state index contributed by atoms with van der Waals surface area (Å²) in [7, 11) is 0. The maximum atomic E-state index is 12.1. The van der Waals surface area contributed by atoms with E-state index >= 15 is 0 Å². The average Bonchev–Trinajstić information content (AvgIpc) is 2.78. The van der Waals surface area contributed by atoms with E-state index in [0.717, 1.165) is 45.4 Å². The molecule has 0 aromatic heterocycles. The van der Waals surface area contributed by atoms with Gasteiger partial charge in [0.15, 0.2) is 6.10 Å². The Morgan fingerprint density at radius 2 is 1.42 bits per heavy atom. The number of allylic oxidation sites excluding steroid dienone is 2. The molecule has 0 aliphatic carbocycles. The third-order valence-electron chi connectivity index (χ3n) is 6.24. The van der Waals surface area contributed by atoms with Crippen molar-refractivity contribution in [1.82, 2.24) is 0 Å². The number of rotatable bonds is 17. The minimum absolute atomic E-state index is 0.00277. The van der Waals surface area contributed by atoms with E-state index in [1.807, 2.05) is 0 Å². The Bertz CT molecular complexity index is 565. The van der Waals surface area contributed by atoms with Crippen molar-refractivity contribution in [3.63, 3.8) is 0 Å². The van der Waals surface area contributed by atoms with Crippen molar-refractivity contribution in [3.8, 4) is 0 Å². The highest BCUT2D eigenvalue weighted by atomic mass is 16.7. The van der Waals surface area contributed by atoms with Crippen molar-refractivity contribution in [2.24, 2.45) is 0 Å². The summed E-state index contributed by atoms with van der Waals surface area (Å²) in [5.41, 5.74) is 0. The lowest BCUT2D eigenvalue weighted by atomic mass is 9.89. The zero-order valence-electron chi connectivity index (χ0n) is 20.5. The minimum atomic E-state index is -2.84. The Hall–Kier alpha value is -1.03. The van der Waals surface area contributed by atoms with Gasteiger partial charge < -0.3 is 35.0 Å². The predicted octanol–water partition coefficient (Wildman–Crippen LogP) is 3.08. The number of aliphatic hydroxyl groups is 5. The molecule has 1 fully saturated rings. The highest BCUT2D eigenvalue weighted by Crippen LogP contribution is 2.37. The average molecular weight is 475 g/mol. The van der Waals surface area contributed by atoms with E-state index in [1.165, 1.54) is 38.5 Å². The van der Waals surface area contributed by atoms with Gasteiger partial charge in [0.1, 0.15) is 12.2 Å². The lowest BCUT2D eigenvalue weighted by Gasteiger charge is -2.50. The summed E-state index contributed by atoms with van der Waals surface area (Å²) in [4.78, 5) is 12.1. The van der Waals surface area contributed by atoms with Crippen LogP contribution in [-0.4, -0.2) is 68.0 Å². The Balaban J connectivity index is 2.15. The largest absolute Gasteiger partial charge is 0.424 e. The topological polar surface area (TPSA) is 137 Å². The first kappa shape index (κ1) is 30.0. The van der Waals surface area contributed by atoms with Gasteiger partial charge >= 0.3 is 5.97 Å². The molecule has 0 amide bonds. The van der Waals surface area contributed by atoms with Gasteiger partial charge in [-0.25, -0.2) is 0 Å². The molecule has 0 aromatic rings. The van der Waals surface area contributed by atoms with Crippen LogP contribution in [0.5, 0.6) is 0 Å². The standard InChI is InChI=1S/C25H46O8/c1-3-4-5-6-7-8-9-10-11-12-13-14-15-16-17-18-21(27)33-25(31)23(29)22(28)20(19-26)32-24(25,2)30/h10-11,20,22-23,26,28-31H,3-9,12-19H2,1-2H3/b11-10-/t20-,22-,23+,24?,25-/m1/s1. The number of ether oxygens (including phenoxy) is 2. The molecule has 1 aliphatic heterocycles. The molecule has 0 saturated carbocycles. The van der Waals surface area contributed by atoms with Crippen LogP contribution >= 0.6 is 0 Å². The third-order valence-corrected chi connectivity index (χ3v) is 6.24. The van der Waals surface area contributed by atoms with Gasteiger partial charge in [-0.05, 0) is 39.0 Å². The number of carbonyl (C=O) groups is 1. The molecule has 5 atom stereocenters. The van der Waals surface area contributed by atoms with Gasteiger partial charge in [0, 0.05) is 6.42 Å². The van der Waals surface area contributed by atoms with Crippen molar-refractivity contribution in [2.45, 2.75) is 134 Å². The summed E-state index contributed by atoms with van der Waals surface area (Å²) in [5.74, 6) is -6.14. The van der Waals surface area contributed by atoms with Crippen molar-refractivity contribution >= 4 is 5.97 Å². The van der Waals surface area contributed by atoms with Crippen molar-refractivity contribution in [2.75, 3.05) is 6.61 Å². The molecule has 0 radical (unpaired) electrons. The van der Waals surface area contributed by atoms with Gasteiger partial charge in [0.25, 0.3) is 5.79 Å². The molecule has 5 N–H and O–H groups in total. The van der Waals surface area contributed by atoms with E-state index < -0.39 is 42.5 Å². The summed E-state index contributed by atoms with van der Waals surface area (Å²) in [6.45, 7) is 2.54. The van der Waals surface area contributed by atoms with E-state index in [2.05, 4.69) is 19.1 Å². The quantitative estimate of drug-likeness (QED) is 0.0939. The van der Waals surface area contributed by atoms with Gasteiger partial charge in [-0.1, -0.05) is 70.4 Å². The fourth-order valence-corrected chi connectivity index (χ4v) is 4.02. The van der Waals surface area contributed by atoms with E-state index in [-0.39, 0.29) is 6.42 Å². The molecule has 1 saturated heterocycles. The van der Waals surface area contributed by atoms with Gasteiger partial charge in [-0.3, -0.25) is 4.79 Å². The summed E-state index contributed by atoms with van der Waals surface area (Å²) >= 11 is 0. The fraction of sp³-hybridized carbons (Fsp3) is 0.880. The first-order valence-electron chi connectivity index (χ1n) is 12.7. The minimum Gasteiger partial charge on any atom is -0.424 e. The monoisotopic (exact) mass is 474 g/mol. The zero-order valence-corrected chi connectivity index (χ0v) is 20.5. The van der Waals surface area contributed by atoms with E-state index in [0.29, 0.717) is 6.42 Å². The Morgan fingerprint density at radius 1 is 0.909 bits per heavy atom. The summed E-state index contributed by atoms with van der Waals surface area (Å²) in [6, 6.07) is 0. The lowest BCUT2D eigenvalue weighted by molar-refractivity contribution is -0.440. The van der Waals surface area contributed by atoms with Crippen LogP contribution in [0.3, 0.4) is 0 Å². The van der Waals surface area contributed by atoms with Crippen LogP contribution in [0.2, 0.25) is 0 Å². The summed E-state index contributed by atoms with van der Waals surface area (Å²) in [5, 5.41) is 50.1. The number of hydrogen-bond acceptors (Lipinski definition) is 8. The molecule has 1 aliphatic rings. The Labute approximate surface area is 198 Å². The van der Waals surface area contributed by atoms with E-state index in [1.54, 1.807) is 0 Å². The Morgan fingerprint density at radius 3 is 1.97 bits per heavy atom. The van der Waals surface area contributed by atoms with Crippen LogP contribution < -0.4 is 0 Å². The molecule has 0 spiro atoms. The van der Waals surface area contributed by atoms with Gasteiger partial charge in [0.2, 0.25) is 5.79 Å². The van der Waals surface area contributed by atoms with Crippen LogP contribution in [-0.2, 0) is 14.3 Å². The number of unbranched alkanes of at least 4 members (excludes halogenated alkanes) is 11.